The quantitative estimate of drug-likeness (QED) is 0.665. The van der Waals surface area contributed by atoms with Gasteiger partial charge in [-0.2, -0.15) is 0 Å². The fourth-order valence-corrected chi connectivity index (χ4v) is 3.03. The van der Waals surface area contributed by atoms with E-state index in [0.29, 0.717) is 11.6 Å². The standard InChI is InChI=1S/C13H17NO2S2/c1-2-18-11-5-3-4-10(12(11)13(14)17)16-9-6-7-15-8-9/h3-5,9H,2,6-8H2,1H3,(H2,14,17). The molecule has 1 aromatic rings. The third-order valence-corrected chi connectivity index (χ3v) is 3.86. The second kappa shape index (κ2) is 6.41. The van der Waals surface area contributed by atoms with Crippen molar-refractivity contribution < 1.29 is 9.47 Å². The highest BCUT2D eigenvalue weighted by Crippen LogP contribution is 2.31. The first kappa shape index (κ1) is 13.6. The smallest absolute Gasteiger partial charge is 0.131 e. The third kappa shape index (κ3) is 3.16. The summed E-state index contributed by atoms with van der Waals surface area (Å²) >= 11 is 6.87. The van der Waals surface area contributed by atoms with Crippen LogP contribution < -0.4 is 10.5 Å². The summed E-state index contributed by atoms with van der Waals surface area (Å²) in [5, 5.41) is 0. The number of hydrogen-bond donors (Lipinski definition) is 1. The first-order chi connectivity index (χ1) is 8.72. The lowest BCUT2D eigenvalue weighted by Gasteiger charge is -2.17. The van der Waals surface area contributed by atoms with Crippen LogP contribution in [0.1, 0.15) is 18.9 Å². The minimum absolute atomic E-state index is 0.111. The lowest BCUT2D eigenvalue weighted by molar-refractivity contribution is 0.141. The molecule has 0 bridgehead atoms. The van der Waals surface area contributed by atoms with E-state index >= 15 is 0 Å². The van der Waals surface area contributed by atoms with Gasteiger partial charge in [0.2, 0.25) is 0 Å². The summed E-state index contributed by atoms with van der Waals surface area (Å²) in [6.07, 6.45) is 1.03. The molecule has 0 aromatic heterocycles. The number of ether oxygens (including phenoxy) is 2. The third-order valence-electron chi connectivity index (χ3n) is 2.72. The Morgan fingerprint density at radius 1 is 1.61 bits per heavy atom. The lowest BCUT2D eigenvalue weighted by Crippen LogP contribution is -2.19. The van der Waals surface area contributed by atoms with Crippen molar-refractivity contribution in [2.75, 3.05) is 19.0 Å². The van der Waals surface area contributed by atoms with Gasteiger partial charge in [0.1, 0.15) is 16.8 Å². The highest BCUT2D eigenvalue weighted by Gasteiger charge is 2.20. The number of thioether (sulfide) groups is 1. The fraction of sp³-hybridized carbons (Fsp3) is 0.462. The summed E-state index contributed by atoms with van der Waals surface area (Å²) in [4.78, 5) is 1.47. The van der Waals surface area contributed by atoms with Gasteiger partial charge >= 0.3 is 0 Å². The molecule has 1 aliphatic heterocycles. The van der Waals surface area contributed by atoms with Gasteiger partial charge in [0.25, 0.3) is 0 Å². The number of thiocarbonyl (C=S) groups is 1. The van der Waals surface area contributed by atoms with E-state index < -0.39 is 0 Å². The van der Waals surface area contributed by atoms with Crippen molar-refractivity contribution in [3.8, 4) is 5.75 Å². The van der Waals surface area contributed by atoms with Gasteiger partial charge in [-0.25, -0.2) is 0 Å². The minimum Gasteiger partial charge on any atom is -0.487 e. The molecule has 5 heteroatoms. The van der Waals surface area contributed by atoms with Crippen LogP contribution in [0.4, 0.5) is 0 Å². The van der Waals surface area contributed by atoms with Crippen LogP contribution in [0, 0.1) is 0 Å². The Balaban J connectivity index is 2.26. The van der Waals surface area contributed by atoms with Crippen molar-refractivity contribution in [1.82, 2.24) is 0 Å². The first-order valence-corrected chi connectivity index (χ1v) is 7.41. The predicted octanol–water partition coefficient (Wildman–Crippen LogP) is 2.60. The molecule has 98 valence electrons. The van der Waals surface area contributed by atoms with Crippen molar-refractivity contribution in [2.24, 2.45) is 5.73 Å². The van der Waals surface area contributed by atoms with Crippen LogP contribution in [-0.2, 0) is 4.74 Å². The number of benzene rings is 1. The van der Waals surface area contributed by atoms with E-state index in [-0.39, 0.29) is 6.10 Å². The largest absolute Gasteiger partial charge is 0.487 e. The summed E-state index contributed by atoms with van der Waals surface area (Å²) < 4.78 is 11.3. The van der Waals surface area contributed by atoms with Gasteiger partial charge in [-0.3, -0.25) is 0 Å². The van der Waals surface area contributed by atoms with Crippen LogP contribution in [0.5, 0.6) is 5.75 Å². The molecule has 18 heavy (non-hydrogen) atoms. The van der Waals surface area contributed by atoms with Gasteiger partial charge in [0, 0.05) is 11.3 Å². The van der Waals surface area contributed by atoms with E-state index in [1.165, 1.54) is 0 Å². The molecule has 0 amide bonds. The first-order valence-electron chi connectivity index (χ1n) is 6.02. The SMILES string of the molecule is CCSc1cccc(OC2CCOC2)c1C(N)=S. The Hall–Kier alpha value is -0.780. The maximum atomic E-state index is 5.95. The maximum absolute atomic E-state index is 5.95. The summed E-state index contributed by atoms with van der Waals surface area (Å²) in [6.45, 7) is 3.50. The van der Waals surface area contributed by atoms with Crippen LogP contribution in [0.25, 0.3) is 0 Å². The molecule has 1 atom stereocenters. The van der Waals surface area contributed by atoms with Crippen molar-refractivity contribution >= 4 is 29.0 Å². The second-order valence-corrected chi connectivity index (χ2v) is 5.78. The molecule has 0 spiro atoms. The normalized spacial score (nSPS) is 18.8. The van der Waals surface area contributed by atoms with Crippen molar-refractivity contribution in [1.29, 1.82) is 0 Å². The zero-order valence-corrected chi connectivity index (χ0v) is 12.0. The Labute approximate surface area is 117 Å². The summed E-state index contributed by atoms with van der Waals surface area (Å²) in [6, 6.07) is 5.93. The maximum Gasteiger partial charge on any atom is 0.131 e. The molecule has 1 aromatic carbocycles. The zero-order chi connectivity index (χ0) is 13.0. The highest BCUT2D eigenvalue weighted by atomic mass is 32.2. The molecule has 2 N–H and O–H groups in total. The van der Waals surface area contributed by atoms with E-state index in [4.69, 9.17) is 27.4 Å². The van der Waals surface area contributed by atoms with Crippen LogP contribution in [0.2, 0.25) is 0 Å². The summed E-state index contributed by atoms with van der Waals surface area (Å²) in [5.74, 6) is 1.75. The van der Waals surface area contributed by atoms with Crippen molar-refractivity contribution in [3.05, 3.63) is 23.8 Å². The van der Waals surface area contributed by atoms with Crippen molar-refractivity contribution in [2.45, 2.75) is 24.3 Å². The number of nitrogens with two attached hydrogens (primary N) is 1. The van der Waals surface area contributed by atoms with Gasteiger partial charge in [0.15, 0.2) is 0 Å². The Bertz CT molecular complexity index is 431. The zero-order valence-electron chi connectivity index (χ0n) is 10.3. The molecule has 2 rings (SSSR count). The van der Waals surface area contributed by atoms with Gasteiger partial charge in [-0.1, -0.05) is 25.2 Å². The van der Waals surface area contributed by atoms with E-state index in [1.807, 2.05) is 18.2 Å². The number of rotatable bonds is 5. The Morgan fingerprint density at radius 3 is 3.06 bits per heavy atom. The molecule has 1 saturated heterocycles. The van der Waals surface area contributed by atoms with E-state index in [1.54, 1.807) is 11.8 Å². The van der Waals surface area contributed by atoms with E-state index in [2.05, 4.69) is 6.92 Å². The fourth-order valence-electron chi connectivity index (χ4n) is 1.91. The van der Waals surface area contributed by atoms with Gasteiger partial charge in [-0.15, -0.1) is 11.8 Å². The molecule has 1 aliphatic rings. The average Bonchev–Trinajstić information content (AvgIpc) is 2.82. The van der Waals surface area contributed by atoms with Crippen LogP contribution >= 0.6 is 24.0 Å². The van der Waals surface area contributed by atoms with E-state index in [9.17, 15) is 0 Å². The highest BCUT2D eigenvalue weighted by molar-refractivity contribution is 7.99. The molecular weight excluding hydrogens is 266 g/mol. The van der Waals surface area contributed by atoms with Crippen LogP contribution in [0.15, 0.2) is 23.1 Å². The molecule has 1 unspecified atom stereocenters. The van der Waals surface area contributed by atoms with Crippen LogP contribution in [-0.4, -0.2) is 30.1 Å². The minimum atomic E-state index is 0.111. The molecule has 1 fully saturated rings. The van der Waals surface area contributed by atoms with Gasteiger partial charge < -0.3 is 15.2 Å². The monoisotopic (exact) mass is 283 g/mol. The molecule has 0 radical (unpaired) electrons. The second-order valence-electron chi connectivity index (χ2n) is 4.03. The predicted molar refractivity (Wildman–Crippen MR) is 78.6 cm³/mol. The average molecular weight is 283 g/mol. The Kier molecular flexibility index (Phi) is 4.86. The molecular formula is C13H17NO2S2. The van der Waals surface area contributed by atoms with Gasteiger partial charge in [0.05, 0.1) is 18.8 Å². The van der Waals surface area contributed by atoms with Crippen LogP contribution in [0.3, 0.4) is 0 Å². The molecule has 3 nitrogen and oxygen atoms in total. The number of hydrogen-bond acceptors (Lipinski definition) is 4. The molecule has 0 aliphatic carbocycles. The summed E-state index contributed by atoms with van der Waals surface area (Å²) in [7, 11) is 0. The molecule has 1 heterocycles. The Morgan fingerprint density at radius 2 is 2.44 bits per heavy atom. The van der Waals surface area contributed by atoms with Crippen molar-refractivity contribution in [3.63, 3.8) is 0 Å². The molecule has 0 saturated carbocycles. The topological polar surface area (TPSA) is 44.5 Å². The summed E-state index contributed by atoms with van der Waals surface area (Å²) in [5.41, 5.74) is 6.68. The lowest BCUT2D eigenvalue weighted by atomic mass is 10.2. The van der Waals surface area contributed by atoms with Gasteiger partial charge in [-0.05, 0) is 17.9 Å². The van der Waals surface area contributed by atoms with E-state index in [0.717, 1.165) is 35.0 Å².